The number of oxazole rings is 1. The van der Waals surface area contributed by atoms with Gasteiger partial charge in [-0.2, -0.15) is 0 Å². The zero-order valence-corrected chi connectivity index (χ0v) is 15.7. The average Bonchev–Trinajstić information content (AvgIpc) is 3.03. The molecule has 0 spiro atoms. The molecule has 8 nitrogen and oxygen atoms in total. The molecule has 9 heteroatoms. The highest BCUT2D eigenvalue weighted by molar-refractivity contribution is 5.84. The maximum atomic E-state index is 12.9. The van der Waals surface area contributed by atoms with Crippen LogP contribution < -0.4 is 21.3 Å². The Morgan fingerprint density at radius 3 is 2.62 bits per heavy atom. The number of nitrogens with one attached hydrogen (secondary N) is 2. The van der Waals surface area contributed by atoms with Crippen molar-refractivity contribution >= 4 is 22.9 Å². The minimum atomic E-state index is -0.892. The fourth-order valence-electron chi connectivity index (χ4n) is 2.69. The minimum absolute atomic E-state index is 0.0967. The molecule has 3 aromatic rings. The van der Waals surface area contributed by atoms with E-state index in [1.54, 1.807) is 24.3 Å². The first kappa shape index (κ1) is 20.1. The summed E-state index contributed by atoms with van der Waals surface area (Å²) >= 11 is 0. The third-order valence-electron chi connectivity index (χ3n) is 4.18. The van der Waals surface area contributed by atoms with E-state index in [2.05, 4.69) is 10.9 Å². The molecule has 0 bridgehead atoms. The Balaban J connectivity index is 1.42. The molecule has 2 N–H and O–H groups in total. The zero-order chi connectivity index (χ0) is 20.8. The van der Waals surface area contributed by atoms with Gasteiger partial charge in [-0.15, -0.1) is 0 Å². The molecule has 0 aliphatic carbocycles. The third-order valence-corrected chi connectivity index (χ3v) is 4.18. The van der Waals surface area contributed by atoms with Crippen LogP contribution in [0.4, 0.5) is 4.39 Å². The first-order valence-corrected chi connectivity index (χ1v) is 9.03. The number of para-hydroxylation sites is 2. The Morgan fingerprint density at radius 1 is 1.14 bits per heavy atom. The summed E-state index contributed by atoms with van der Waals surface area (Å²) in [6.07, 6.45) is -0.414. The Hall–Kier alpha value is -3.62. The number of carbonyl (C=O) groups excluding carboxylic acids is 2. The van der Waals surface area contributed by atoms with Crippen LogP contribution in [0.25, 0.3) is 11.1 Å². The first-order valence-electron chi connectivity index (χ1n) is 9.03. The molecule has 0 aliphatic rings. The number of benzene rings is 2. The summed E-state index contributed by atoms with van der Waals surface area (Å²) < 4.78 is 24.8. The molecule has 1 heterocycles. The Bertz CT molecular complexity index is 1060. The SMILES string of the molecule is CC(Oc1ccc(F)cc1)C(=O)NNC(=O)CCCn1c(=O)oc2ccccc21. The van der Waals surface area contributed by atoms with Gasteiger partial charge < -0.3 is 9.15 Å². The molecule has 0 aliphatic heterocycles. The van der Waals surface area contributed by atoms with Crippen LogP contribution in [0.1, 0.15) is 19.8 Å². The van der Waals surface area contributed by atoms with Gasteiger partial charge in [-0.3, -0.25) is 25.0 Å². The Labute approximate surface area is 165 Å². The standard InChI is InChI=1S/C20H20FN3O5/c1-13(28-15-10-8-14(21)9-11-15)19(26)23-22-18(25)7-4-12-24-16-5-2-3-6-17(16)29-20(24)27/h2-3,5-6,8-11,13H,4,7,12H2,1H3,(H,22,25)(H,23,26). The average molecular weight is 401 g/mol. The molecule has 1 unspecified atom stereocenters. The zero-order valence-electron chi connectivity index (χ0n) is 15.7. The summed E-state index contributed by atoms with van der Waals surface area (Å²) in [6.45, 7) is 1.81. The van der Waals surface area contributed by atoms with Crippen LogP contribution in [0.2, 0.25) is 0 Å². The highest BCUT2D eigenvalue weighted by atomic mass is 19.1. The van der Waals surface area contributed by atoms with Gasteiger partial charge in [0.15, 0.2) is 11.7 Å². The van der Waals surface area contributed by atoms with Crippen molar-refractivity contribution in [2.75, 3.05) is 0 Å². The van der Waals surface area contributed by atoms with Gasteiger partial charge in [-0.25, -0.2) is 9.18 Å². The molecule has 3 rings (SSSR count). The highest BCUT2D eigenvalue weighted by Crippen LogP contribution is 2.13. The molecular formula is C20H20FN3O5. The lowest BCUT2D eigenvalue weighted by molar-refractivity contribution is -0.132. The molecule has 0 saturated heterocycles. The van der Waals surface area contributed by atoms with E-state index in [-0.39, 0.29) is 6.42 Å². The molecule has 0 saturated carbocycles. The van der Waals surface area contributed by atoms with Crippen LogP contribution in [0.5, 0.6) is 5.75 Å². The van der Waals surface area contributed by atoms with Gasteiger partial charge in [0.1, 0.15) is 11.6 Å². The molecule has 29 heavy (non-hydrogen) atoms. The van der Waals surface area contributed by atoms with Crippen molar-refractivity contribution in [3.05, 3.63) is 64.9 Å². The minimum Gasteiger partial charge on any atom is -0.481 e. The molecule has 2 amide bonds. The number of hydrogen-bond acceptors (Lipinski definition) is 5. The number of fused-ring (bicyclic) bond motifs is 1. The second kappa shape index (κ2) is 9.05. The monoisotopic (exact) mass is 401 g/mol. The van der Waals surface area contributed by atoms with Crippen LogP contribution >= 0.6 is 0 Å². The van der Waals surface area contributed by atoms with Gasteiger partial charge in [0.2, 0.25) is 5.91 Å². The summed E-state index contributed by atoms with van der Waals surface area (Å²) in [7, 11) is 0. The van der Waals surface area contributed by atoms with Gasteiger partial charge in [0.25, 0.3) is 5.91 Å². The number of rotatable bonds is 7. The van der Waals surface area contributed by atoms with Crippen LogP contribution in [0, 0.1) is 5.82 Å². The number of aryl methyl sites for hydroxylation is 1. The summed E-state index contributed by atoms with van der Waals surface area (Å²) in [6, 6.07) is 12.3. The van der Waals surface area contributed by atoms with Crippen molar-refractivity contribution < 1.29 is 23.1 Å². The van der Waals surface area contributed by atoms with Crippen molar-refractivity contribution in [1.29, 1.82) is 0 Å². The lowest BCUT2D eigenvalue weighted by atomic mass is 10.3. The van der Waals surface area contributed by atoms with Crippen molar-refractivity contribution in [2.45, 2.75) is 32.4 Å². The predicted octanol–water partition coefficient (Wildman–Crippen LogP) is 2.13. The quantitative estimate of drug-likeness (QED) is 0.591. The Kier molecular flexibility index (Phi) is 6.28. The molecule has 0 fully saturated rings. The van der Waals surface area contributed by atoms with Crippen molar-refractivity contribution in [2.24, 2.45) is 0 Å². The van der Waals surface area contributed by atoms with Crippen molar-refractivity contribution in [1.82, 2.24) is 15.4 Å². The lowest BCUT2D eigenvalue weighted by Gasteiger charge is -2.15. The van der Waals surface area contributed by atoms with Gasteiger partial charge in [0.05, 0.1) is 5.52 Å². The van der Waals surface area contributed by atoms with E-state index in [4.69, 9.17) is 9.15 Å². The summed E-state index contributed by atoms with van der Waals surface area (Å²) in [5, 5.41) is 0. The largest absolute Gasteiger partial charge is 0.481 e. The van der Waals surface area contributed by atoms with E-state index in [1.165, 1.54) is 35.8 Å². The highest BCUT2D eigenvalue weighted by Gasteiger charge is 2.15. The normalized spacial score (nSPS) is 11.8. The third kappa shape index (κ3) is 5.22. The summed E-state index contributed by atoms with van der Waals surface area (Å²) in [5.41, 5.74) is 5.73. The molecule has 0 radical (unpaired) electrons. The molecule has 152 valence electrons. The lowest BCUT2D eigenvalue weighted by Crippen LogP contribution is -2.47. The predicted molar refractivity (Wildman–Crippen MR) is 102 cm³/mol. The van der Waals surface area contributed by atoms with E-state index < -0.39 is 29.5 Å². The molecule has 2 aromatic carbocycles. The number of nitrogens with zero attached hydrogens (tertiary/aromatic N) is 1. The summed E-state index contributed by atoms with van der Waals surface area (Å²) in [4.78, 5) is 35.8. The van der Waals surface area contributed by atoms with Crippen LogP contribution in [0.3, 0.4) is 0 Å². The fraction of sp³-hybridized carbons (Fsp3) is 0.250. The van der Waals surface area contributed by atoms with Gasteiger partial charge in [-0.1, -0.05) is 12.1 Å². The maximum absolute atomic E-state index is 12.9. The smallest absolute Gasteiger partial charge is 0.419 e. The number of ether oxygens (including phenoxy) is 1. The molecule has 1 atom stereocenters. The van der Waals surface area contributed by atoms with E-state index in [1.807, 2.05) is 0 Å². The maximum Gasteiger partial charge on any atom is 0.419 e. The molecule has 1 aromatic heterocycles. The summed E-state index contributed by atoms with van der Waals surface area (Å²) in [5.74, 6) is -1.52. The number of amides is 2. The van der Waals surface area contributed by atoms with Crippen molar-refractivity contribution in [3.8, 4) is 5.75 Å². The van der Waals surface area contributed by atoms with Crippen LogP contribution in [0.15, 0.2) is 57.7 Å². The van der Waals surface area contributed by atoms with E-state index in [9.17, 15) is 18.8 Å². The number of halogens is 1. The van der Waals surface area contributed by atoms with E-state index >= 15 is 0 Å². The molecular weight excluding hydrogens is 381 g/mol. The van der Waals surface area contributed by atoms with Crippen LogP contribution in [-0.2, 0) is 16.1 Å². The number of aromatic nitrogens is 1. The first-order chi connectivity index (χ1) is 13.9. The van der Waals surface area contributed by atoms with Gasteiger partial charge in [0, 0.05) is 13.0 Å². The number of hydrogen-bond donors (Lipinski definition) is 2. The van der Waals surface area contributed by atoms with Gasteiger partial charge in [-0.05, 0) is 49.7 Å². The second-order valence-electron chi connectivity index (χ2n) is 6.34. The fourth-order valence-corrected chi connectivity index (χ4v) is 2.69. The van der Waals surface area contributed by atoms with Crippen molar-refractivity contribution in [3.63, 3.8) is 0 Å². The topological polar surface area (TPSA) is 103 Å². The van der Waals surface area contributed by atoms with E-state index in [0.717, 1.165) is 0 Å². The van der Waals surface area contributed by atoms with Gasteiger partial charge >= 0.3 is 5.76 Å². The van der Waals surface area contributed by atoms with Crippen LogP contribution in [-0.4, -0.2) is 22.5 Å². The Morgan fingerprint density at radius 2 is 1.86 bits per heavy atom. The number of carbonyl (C=O) groups is 2. The van der Waals surface area contributed by atoms with E-state index in [0.29, 0.717) is 29.8 Å². The second-order valence-corrected chi connectivity index (χ2v) is 6.34. The number of hydrazine groups is 1.